The number of benzene rings is 1. The van der Waals surface area contributed by atoms with E-state index in [9.17, 15) is 39.3 Å². The molecule has 0 saturated carbocycles. The van der Waals surface area contributed by atoms with E-state index in [1.807, 2.05) is 20.8 Å². The SMILES string of the molecule is CC[C@H](NC(=O)[C@@H](NC(=O)[C@@H]1CCCN1C(=O)[C@H](CC(C)C)NC(=O)c1cc(O)ccc1O)[C@@H](C)CC)C(=O)O. The number of likely N-dealkylation sites (tertiary alicyclic amines) is 1. The summed E-state index contributed by atoms with van der Waals surface area (Å²) >= 11 is 0. The first-order chi connectivity index (χ1) is 18.8. The van der Waals surface area contributed by atoms with E-state index >= 15 is 0 Å². The molecular weight excluding hydrogens is 520 g/mol. The van der Waals surface area contributed by atoms with Gasteiger partial charge >= 0.3 is 5.97 Å². The average Bonchev–Trinajstić information content (AvgIpc) is 3.39. The number of aromatic hydroxyl groups is 2. The molecule has 12 heteroatoms. The van der Waals surface area contributed by atoms with Gasteiger partial charge in [0.15, 0.2) is 0 Å². The number of hydrogen-bond acceptors (Lipinski definition) is 7. The maximum absolute atomic E-state index is 13.7. The molecule has 0 spiro atoms. The van der Waals surface area contributed by atoms with E-state index in [0.717, 1.165) is 6.07 Å². The van der Waals surface area contributed by atoms with Gasteiger partial charge in [0, 0.05) is 6.54 Å². The van der Waals surface area contributed by atoms with Crippen LogP contribution in [0.2, 0.25) is 0 Å². The monoisotopic (exact) mass is 562 g/mol. The predicted octanol–water partition coefficient (Wildman–Crippen LogP) is 1.74. The van der Waals surface area contributed by atoms with Gasteiger partial charge in [-0.25, -0.2) is 4.79 Å². The van der Waals surface area contributed by atoms with E-state index in [2.05, 4.69) is 16.0 Å². The second kappa shape index (κ2) is 14.5. The van der Waals surface area contributed by atoms with Gasteiger partial charge in [0.1, 0.15) is 35.7 Å². The summed E-state index contributed by atoms with van der Waals surface area (Å²) in [7, 11) is 0. The fraction of sp³-hybridized carbons (Fsp3) is 0.607. The minimum atomic E-state index is -1.17. The Morgan fingerprint density at radius 1 is 0.975 bits per heavy atom. The third-order valence-corrected chi connectivity index (χ3v) is 7.19. The topological polar surface area (TPSA) is 185 Å². The smallest absolute Gasteiger partial charge is 0.326 e. The number of amides is 4. The van der Waals surface area contributed by atoms with Crippen molar-refractivity contribution < 1.29 is 39.3 Å². The van der Waals surface area contributed by atoms with Gasteiger partial charge in [0.25, 0.3) is 5.91 Å². The average molecular weight is 563 g/mol. The van der Waals surface area contributed by atoms with Gasteiger partial charge in [-0.3, -0.25) is 19.2 Å². The van der Waals surface area contributed by atoms with Crippen LogP contribution in [0.5, 0.6) is 11.5 Å². The van der Waals surface area contributed by atoms with Gasteiger partial charge in [-0.05, 0) is 55.7 Å². The zero-order chi connectivity index (χ0) is 30.1. The molecule has 0 bridgehead atoms. The quantitative estimate of drug-likeness (QED) is 0.196. The van der Waals surface area contributed by atoms with Crippen LogP contribution >= 0.6 is 0 Å². The molecule has 0 aromatic heterocycles. The number of carboxylic acid groups (broad SMARTS) is 1. The molecule has 1 aromatic rings. The molecule has 222 valence electrons. The highest BCUT2D eigenvalue weighted by molar-refractivity contribution is 6.01. The van der Waals surface area contributed by atoms with Crippen molar-refractivity contribution in [3.63, 3.8) is 0 Å². The van der Waals surface area contributed by atoms with E-state index in [1.165, 1.54) is 17.0 Å². The maximum Gasteiger partial charge on any atom is 0.326 e. The zero-order valence-electron chi connectivity index (χ0n) is 23.8. The summed E-state index contributed by atoms with van der Waals surface area (Å²) in [4.78, 5) is 65.8. The van der Waals surface area contributed by atoms with E-state index in [0.29, 0.717) is 19.3 Å². The first-order valence-electron chi connectivity index (χ1n) is 13.8. The molecule has 1 aliphatic rings. The molecule has 0 radical (unpaired) electrons. The number of phenolic OH excluding ortho intramolecular Hbond substituents is 2. The van der Waals surface area contributed by atoms with Gasteiger partial charge in [0.05, 0.1) is 5.56 Å². The summed E-state index contributed by atoms with van der Waals surface area (Å²) in [6.07, 6.45) is 1.88. The third-order valence-electron chi connectivity index (χ3n) is 7.19. The van der Waals surface area contributed by atoms with Crippen LogP contribution < -0.4 is 16.0 Å². The molecular formula is C28H42N4O8. The Morgan fingerprint density at radius 3 is 2.23 bits per heavy atom. The highest BCUT2D eigenvalue weighted by atomic mass is 16.4. The van der Waals surface area contributed by atoms with Gasteiger partial charge in [0.2, 0.25) is 17.7 Å². The van der Waals surface area contributed by atoms with Crippen LogP contribution in [-0.4, -0.2) is 80.5 Å². The van der Waals surface area contributed by atoms with E-state index in [1.54, 1.807) is 13.8 Å². The standard InChI is InChI=1S/C28H42N4O8/c1-6-16(5)23(26(37)29-19(7-2)28(39)40)31-25(36)21-9-8-12-32(21)27(38)20(13-15(3)4)30-24(35)18-14-17(33)10-11-22(18)34/h10-11,14-16,19-21,23,33-34H,6-9,12-13H2,1-5H3,(H,29,37)(H,30,35)(H,31,36)(H,39,40)/t16-,19-,20-,21-,23-/m0/s1. The zero-order valence-corrected chi connectivity index (χ0v) is 23.8. The minimum absolute atomic E-state index is 0.00105. The molecule has 0 aliphatic carbocycles. The number of nitrogens with zero attached hydrogens (tertiary/aromatic N) is 1. The lowest BCUT2D eigenvalue weighted by atomic mass is 9.97. The summed E-state index contributed by atoms with van der Waals surface area (Å²) in [5.41, 5.74) is -0.188. The van der Waals surface area contributed by atoms with Crippen molar-refractivity contribution in [1.82, 2.24) is 20.9 Å². The fourth-order valence-electron chi connectivity index (χ4n) is 4.69. The Balaban J connectivity index is 2.23. The van der Waals surface area contributed by atoms with Gasteiger partial charge in [-0.15, -0.1) is 0 Å². The number of nitrogens with one attached hydrogen (secondary N) is 3. The van der Waals surface area contributed by atoms with Crippen LogP contribution in [0.4, 0.5) is 0 Å². The maximum atomic E-state index is 13.7. The number of hydrogen-bond donors (Lipinski definition) is 6. The highest BCUT2D eigenvalue weighted by Crippen LogP contribution is 2.24. The van der Waals surface area contributed by atoms with Crippen LogP contribution in [0.25, 0.3) is 0 Å². The lowest BCUT2D eigenvalue weighted by Gasteiger charge is -2.31. The van der Waals surface area contributed by atoms with E-state index < -0.39 is 53.8 Å². The van der Waals surface area contributed by atoms with Crippen molar-refractivity contribution in [2.75, 3.05) is 6.54 Å². The van der Waals surface area contributed by atoms with Crippen molar-refractivity contribution in [1.29, 1.82) is 0 Å². The van der Waals surface area contributed by atoms with Crippen molar-refractivity contribution in [3.05, 3.63) is 23.8 Å². The lowest BCUT2D eigenvalue weighted by Crippen LogP contribution is -2.58. The second-order valence-corrected chi connectivity index (χ2v) is 10.7. The molecule has 4 amide bonds. The summed E-state index contributed by atoms with van der Waals surface area (Å²) in [5, 5.41) is 37.0. The molecule has 6 N–H and O–H groups in total. The molecule has 40 heavy (non-hydrogen) atoms. The number of rotatable bonds is 13. The van der Waals surface area contributed by atoms with Gasteiger partial charge in [-0.1, -0.05) is 41.0 Å². The molecule has 1 aromatic carbocycles. The Morgan fingerprint density at radius 2 is 1.65 bits per heavy atom. The van der Waals surface area contributed by atoms with E-state index in [-0.39, 0.29) is 48.3 Å². The number of carbonyl (C=O) groups is 5. The van der Waals surface area contributed by atoms with Crippen LogP contribution in [0.3, 0.4) is 0 Å². The summed E-state index contributed by atoms with van der Waals surface area (Å²) < 4.78 is 0. The van der Waals surface area contributed by atoms with Gasteiger partial charge < -0.3 is 36.2 Å². The van der Waals surface area contributed by atoms with Crippen LogP contribution in [0.1, 0.15) is 77.1 Å². The van der Waals surface area contributed by atoms with Crippen LogP contribution in [0.15, 0.2) is 18.2 Å². The third kappa shape index (κ3) is 8.33. The minimum Gasteiger partial charge on any atom is -0.508 e. The normalized spacial score (nSPS) is 17.9. The molecule has 1 heterocycles. The summed E-state index contributed by atoms with van der Waals surface area (Å²) in [5.74, 6) is -4.41. The Labute approximate surface area is 234 Å². The number of aliphatic carboxylic acids is 1. The Hall–Kier alpha value is -3.83. The van der Waals surface area contributed by atoms with Crippen LogP contribution in [0, 0.1) is 11.8 Å². The molecule has 0 unspecified atom stereocenters. The van der Waals surface area contributed by atoms with Crippen molar-refractivity contribution >= 4 is 29.6 Å². The first kappa shape index (κ1) is 32.4. The molecule has 5 atom stereocenters. The summed E-state index contributed by atoms with van der Waals surface area (Å²) in [6.45, 7) is 9.28. The largest absolute Gasteiger partial charge is 0.508 e. The molecule has 1 aliphatic heterocycles. The van der Waals surface area contributed by atoms with Crippen LogP contribution in [-0.2, 0) is 19.2 Å². The fourth-order valence-corrected chi connectivity index (χ4v) is 4.69. The lowest BCUT2D eigenvalue weighted by molar-refractivity contribution is -0.143. The second-order valence-electron chi connectivity index (χ2n) is 10.7. The summed E-state index contributed by atoms with van der Waals surface area (Å²) in [6, 6.07) is -0.469. The molecule has 12 nitrogen and oxygen atoms in total. The molecule has 2 rings (SSSR count). The predicted molar refractivity (Wildman–Crippen MR) is 146 cm³/mol. The molecule has 1 saturated heterocycles. The highest BCUT2D eigenvalue weighted by Gasteiger charge is 2.40. The van der Waals surface area contributed by atoms with Crippen molar-refractivity contribution in [2.45, 2.75) is 90.9 Å². The van der Waals surface area contributed by atoms with Crippen molar-refractivity contribution in [3.8, 4) is 11.5 Å². The number of carboxylic acids is 1. The van der Waals surface area contributed by atoms with Crippen molar-refractivity contribution in [2.24, 2.45) is 11.8 Å². The van der Waals surface area contributed by atoms with Gasteiger partial charge in [-0.2, -0.15) is 0 Å². The Bertz CT molecular complexity index is 1090. The number of carbonyl (C=O) groups excluding carboxylic acids is 4. The number of phenols is 2. The molecule has 1 fully saturated rings. The first-order valence-corrected chi connectivity index (χ1v) is 13.8. The van der Waals surface area contributed by atoms with E-state index in [4.69, 9.17) is 0 Å². The Kier molecular flexibility index (Phi) is 11.8.